The van der Waals surface area contributed by atoms with Gasteiger partial charge in [0.15, 0.2) is 0 Å². The lowest BCUT2D eigenvalue weighted by Crippen LogP contribution is -2.26. The van der Waals surface area contributed by atoms with Gasteiger partial charge in [-0.2, -0.15) is 0 Å². The Morgan fingerprint density at radius 3 is 2.72 bits per heavy atom. The zero-order valence-corrected chi connectivity index (χ0v) is 11.2. The van der Waals surface area contributed by atoms with Crippen molar-refractivity contribution in [2.24, 2.45) is 0 Å². The van der Waals surface area contributed by atoms with E-state index >= 15 is 0 Å². The molecule has 0 bridgehead atoms. The van der Waals surface area contributed by atoms with Crippen LogP contribution in [0.5, 0.6) is 0 Å². The van der Waals surface area contributed by atoms with E-state index in [1.54, 1.807) is 31.3 Å². The highest BCUT2D eigenvalue weighted by Gasteiger charge is 2.14. The Hall–Kier alpha value is -1.75. The minimum absolute atomic E-state index is 0.236. The van der Waals surface area contributed by atoms with Crippen LogP contribution in [0, 0.1) is 5.82 Å². The molecule has 1 heterocycles. The summed E-state index contributed by atoms with van der Waals surface area (Å²) in [4.78, 5) is 17.5. The van der Waals surface area contributed by atoms with Crippen LogP contribution in [0.25, 0.3) is 0 Å². The molecular weight excluding hydrogens is 299 g/mol. The van der Waals surface area contributed by atoms with E-state index in [9.17, 15) is 9.18 Å². The SMILES string of the molecule is CN(C(=O)c1ccc(Br)nc1)c1cccc(F)c1. The number of anilines is 1. The number of pyridine rings is 1. The van der Waals surface area contributed by atoms with E-state index in [-0.39, 0.29) is 11.7 Å². The van der Waals surface area contributed by atoms with Gasteiger partial charge in [-0.15, -0.1) is 0 Å². The van der Waals surface area contributed by atoms with Crippen molar-refractivity contribution in [2.45, 2.75) is 0 Å². The molecule has 0 saturated carbocycles. The van der Waals surface area contributed by atoms with Crippen molar-refractivity contribution in [2.75, 3.05) is 11.9 Å². The van der Waals surface area contributed by atoms with Crippen molar-refractivity contribution in [1.29, 1.82) is 0 Å². The number of amides is 1. The van der Waals surface area contributed by atoms with Gasteiger partial charge in [-0.3, -0.25) is 4.79 Å². The maximum atomic E-state index is 13.1. The predicted octanol–water partition coefficient (Wildman–Crippen LogP) is 3.26. The summed E-state index contributed by atoms with van der Waals surface area (Å²) >= 11 is 3.20. The van der Waals surface area contributed by atoms with E-state index in [4.69, 9.17) is 0 Å². The van der Waals surface area contributed by atoms with Crippen LogP contribution in [0.3, 0.4) is 0 Å². The first-order valence-electron chi connectivity index (χ1n) is 5.23. The first kappa shape index (κ1) is 12.7. The zero-order chi connectivity index (χ0) is 13.1. The van der Waals surface area contributed by atoms with Crippen LogP contribution in [-0.2, 0) is 0 Å². The van der Waals surface area contributed by atoms with E-state index in [0.717, 1.165) is 0 Å². The van der Waals surface area contributed by atoms with Gasteiger partial charge in [0.25, 0.3) is 5.91 Å². The van der Waals surface area contributed by atoms with Crippen LogP contribution < -0.4 is 4.90 Å². The number of nitrogens with zero attached hydrogens (tertiary/aromatic N) is 2. The third-order valence-corrected chi connectivity index (χ3v) is 2.94. The van der Waals surface area contributed by atoms with Crippen LogP contribution in [0.1, 0.15) is 10.4 Å². The second-order valence-electron chi connectivity index (χ2n) is 3.71. The molecule has 1 aromatic heterocycles. The number of hydrogen-bond acceptors (Lipinski definition) is 2. The standard InChI is InChI=1S/C13H10BrFN2O/c1-17(11-4-2-3-10(15)7-11)13(18)9-5-6-12(14)16-8-9/h2-8H,1H3. The highest BCUT2D eigenvalue weighted by atomic mass is 79.9. The number of aromatic nitrogens is 1. The van der Waals surface area contributed by atoms with Crippen LogP contribution in [0.2, 0.25) is 0 Å². The van der Waals surface area contributed by atoms with Gasteiger partial charge in [-0.25, -0.2) is 9.37 Å². The Bertz CT molecular complexity index is 571. The van der Waals surface area contributed by atoms with Gasteiger partial charge in [0.2, 0.25) is 0 Å². The molecule has 2 aromatic rings. The summed E-state index contributed by atoms with van der Waals surface area (Å²) in [6.07, 6.45) is 1.47. The molecule has 0 unspecified atom stereocenters. The van der Waals surface area contributed by atoms with Gasteiger partial charge >= 0.3 is 0 Å². The summed E-state index contributed by atoms with van der Waals surface area (Å²) < 4.78 is 13.7. The van der Waals surface area contributed by atoms with Crippen molar-refractivity contribution < 1.29 is 9.18 Å². The third-order valence-electron chi connectivity index (χ3n) is 2.47. The van der Waals surface area contributed by atoms with Gasteiger partial charge < -0.3 is 4.90 Å². The Balaban J connectivity index is 2.26. The molecule has 5 heteroatoms. The normalized spacial score (nSPS) is 10.2. The summed E-state index contributed by atoms with van der Waals surface area (Å²) in [5.41, 5.74) is 0.952. The van der Waals surface area contributed by atoms with Crippen molar-refractivity contribution in [3.63, 3.8) is 0 Å². The summed E-state index contributed by atoms with van der Waals surface area (Å²) in [6, 6.07) is 9.23. The minimum atomic E-state index is -0.374. The number of carbonyl (C=O) groups excluding carboxylic acids is 1. The van der Waals surface area contributed by atoms with Gasteiger partial charge in [0.05, 0.1) is 5.56 Å². The number of halogens is 2. The molecular formula is C13H10BrFN2O. The maximum absolute atomic E-state index is 13.1. The van der Waals surface area contributed by atoms with E-state index in [1.165, 1.54) is 23.2 Å². The monoisotopic (exact) mass is 308 g/mol. The van der Waals surface area contributed by atoms with E-state index in [0.29, 0.717) is 15.9 Å². The van der Waals surface area contributed by atoms with Gasteiger partial charge in [-0.05, 0) is 46.3 Å². The highest BCUT2D eigenvalue weighted by Crippen LogP contribution is 2.17. The molecule has 0 N–H and O–H groups in total. The molecule has 1 amide bonds. The summed E-state index contributed by atoms with van der Waals surface area (Å²) in [7, 11) is 1.60. The van der Waals surface area contributed by atoms with Crippen LogP contribution >= 0.6 is 15.9 Å². The van der Waals surface area contributed by atoms with E-state index < -0.39 is 0 Å². The fraction of sp³-hybridized carbons (Fsp3) is 0.0769. The second-order valence-corrected chi connectivity index (χ2v) is 4.53. The molecule has 3 nitrogen and oxygen atoms in total. The summed E-state index contributed by atoms with van der Waals surface area (Å²) in [6.45, 7) is 0. The molecule has 0 radical (unpaired) electrons. The largest absolute Gasteiger partial charge is 0.311 e. The van der Waals surface area contributed by atoms with Crippen LogP contribution in [-0.4, -0.2) is 17.9 Å². The molecule has 0 saturated heterocycles. The lowest BCUT2D eigenvalue weighted by molar-refractivity contribution is 0.0992. The Kier molecular flexibility index (Phi) is 3.72. The molecule has 0 atom stereocenters. The molecule has 0 fully saturated rings. The lowest BCUT2D eigenvalue weighted by Gasteiger charge is -2.17. The van der Waals surface area contributed by atoms with Gasteiger partial charge in [-0.1, -0.05) is 6.07 Å². The molecule has 1 aromatic carbocycles. The van der Waals surface area contributed by atoms with Crippen LogP contribution in [0.4, 0.5) is 10.1 Å². The Morgan fingerprint density at radius 2 is 2.11 bits per heavy atom. The van der Waals surface area contributed by atoms with Crippen molar-refractivity contribution in [1.82, 2.24) is 4.98 Å². The third kappa shape index (κ3) is 2.73. The number of benzene rings is 1. The number of rotatable bonds is 2. The molecule has 0 aliphatic heterocycles. The minimum Gasteiger partial charge on any atom is -0.311 e. The number of hydrogen-bond donors (Lipinski definition) is 0. The molecule has 0 spiro atoms. The average Bonchev–Trinajstić information content (AvgIpc) is 2.38. The summed E-state index contributed by atoms with van der Waals surface area (Å²) in [5.74, 6) is -0.610. The maximum Gasteiger partial charge on any atom is 0.259 e. The van der Waals surface area contributed by atoms with Crippen molar-refractivity contribution >= 4 is 27.5 Å². The lowest BCUT2D eigenvalue weighted by atomic mass is 10.2. The first-order valence-corrected chi connectivity index (χ1v) is 6.02. The van der Waals surface area contributed by atoms with Crippen molar-refractivity contribution in [3.8, 4) is 0 Å². The van der Waals surface area contributed by atoms with Crippen molar-refractivity contribution in [3.05, 3.63) is 58.6 Å². The van der Waals surface area contributed by atoms with Gasteiger partial charge in [0.1, 0.15) is 10.4 Å². The fourth-order valence-electron chi connectivity index (χ4n) is 1.50. The molecule has 0 aliphatic carbocycles. The fourth-order valence-corrected chi connectivity index (χ4v) is 1.73. The highest BCUT2D eigenvalue weighted by molar-refractivity contribution is 9.10. The zero-order valence-electron chi connectivity index (χ0n) is 9.60. The summed E-state index contributed by atoms with van der Waals surface area (Å²) in [5, 5.41) is 0. The second kappa shape index (κ2) is 5.27. The van der Waals surface area contributed by atoms with Crippen LogP contribution in [0.15, 0.2) is 47.2 Å². The molecule has 0 aliphatic rings. The van der Waals surface area contributed by atoms with E-state index in [1.807, 2.05) is 0 Å². The first-order chi connectivity index (χ1) is 8.58. The Morgan fingerprint density at radius 1 is 1.33 bits per heavy atom. The van der Waals surface area contributed by atoms with Gasteiger partial charge in [0, 0.05) is 18.9 Å². The molecule has 18 heavy (non-hydrogen) atoms. The number of carbonyl (C=O) groups is 1. The Labute approximate surface area is 112 Å². The smallest absolute Gasteiger partial charge is 0.259 e. The molecule has 92 valence electrons. The predicted molar refractivity (Wildman–Crippen MR) is 71.1 cm³/mol. The topological polar surface area (TPSA) is 33.2 Å². The molecule has 2 rings (SSSR count). The quantitative estimate of drug-likeness (QED) is 0.798. The average molecular weight is 309 g/mol. The van der Waals surface area contributed by atoms with E-state index in [2.05, 4.69) is 20.9 Å².